The molecule has 0 aliphatic carbocycles. The fourth-order valence-corrected chi connectivity index (χ4v) is 3.77. The molecule has 2 aromatic heterocycles. The molecule has 0 N–H and O–H groups in total. The summed E-state index contributed by atoms with van der Waals surface area (Å²) in [7, 11) is 0. The zero-order valence-electron chi connectivity index (χ0n) is 12.7. The van der Waals surface area contributed by atoms with Crippen molar-refractivity contribution in [1.29, 1.82) is 0 Å². The lowest BCUT2D eigenvalue weighted by Gasteiger charge is -2.31. The van der Waals surface area contributed by atoms with E-state index in [2.05, 4.69) is 34.1 Å². The first kappa shape index (κ1) is 14.4. The van der Waals surface area contributed by atoms with Gasteiger partial charge in [-0.15, -0.1) is 11.3 Å². The van der Waals surface area contributed by atoms with Gasteiger partial charge in [-0.25, -0.2) is 15.0 Å². The Morgan fingerprint density at radius 3 is 2.43 bits per heavy atom. The van der Waals surface area contributed by atoms with Crippen molar-refractivity contribution < 1.29 is 0 Å². The Bertz CT molecular complexity index is 570. The predicted molar refractivity (Wildman–Crippen MR) is 87.1 cm³/mol. The van der Waals surface area contributed by atoms with Crippen LogP contribution in [0.2, 0.25) is 0 Å². The Morgan fingerprint density at radius 1 is 1.14 bits per heavy atom. The summed E-state index contributed by atoms with van der Waals surface area (Å²) in [6.45, 7) is 6.34. The van der Waals surface area contributed by atoms with Gasteiger partial charge in [-0.2, -0.15) is 0 Å². The number of piperidine rings is 1. The first-order chi connectivity index (χ1) is 10.3. The monoisotopic (exact) mass is 302 g/mol. The van der Waals surface area contributed by atoms with Crippen LogP contribution in [-0.4, -0.2) is 28.0 Å². The lowest BCUT2D eigenvalue weighted by molar-refractivity contribution is 0.497. The highest BCUT2D eigenvalue weighted by Crippen LogP contribution is 2.31. The average Bonchev–Trinajstić information content (AvgIpc) is 3.04. The second-order valence-corrected chi connectivity index (χ2v) is 6.43. The summed E-state index contributed by atoms with van der Waals surface area (Å²) >= 11 is 1.82. The maximum Gasteiger partial charge on any atom is 0.225 e. The van der Waals surface area contributed by atoms with E-state index in [9.17, 15) is 0 Å². The third-order valence-electron chi connectivity index (χ3n) is 4.16. The molecule has 4 nitrogen and oxygen atoms in total. The fourth-order valence-electron chi connectivity index (χ4n) is 2.69. The summed E-state index contributed by atoms with van der Waals surface area (Å²) in [5.74, 6) is 1.49. The van der Waals surface area contributed by atoms with E-state index in [-0.39, 0.29) is 0 Å². The lowest BCUT2D eigenvalue weighted by Crippen LogP contribution is -2.34. The van der Waals surface area contributed by atoms with Crippen LogP contribution in [0, 0.1) is 0 Å². The van der Waals surface area contributed by atoms with Crippen molar-refractivity contribution in [1.82, 2.24) is 15.0 Å². The van der Waals surface area contributed by atoms with Crippen LogP contribution < -0.4 is 4.90 Å². The van der Waals surface area contributed by atoms with Gasteiger partial charge in [0.2, 0.25) is 5.95 Å². The first-order valence-electron chi connectivity index (χ1n) is 7.80. The van der Waals surface area contributed by atoms with Gasteiger partial charge in [-0.05, 0) is 31.2 Å². The molecule has 1 aliphatic heterocycles. The largest absolute Gasteiger partial charge is 0.341 e. The van der Waals surface area contributed by atoms with Crippen LogP contribution in [0.15, 0.2) is 17.8 Å². The quantitative estimate of drug-likeness (QED) is 0.867. The Balaban J connectivity index is 1.61. The number of aromatic nitrogens is 3. The summed E-state index contributed by atoms with van der Waals surface area (Å²) in [6.07, 6.45) is 8.22. The Kier molecular flexibility index (Phi) is 4.48. The minimum absolute atomic E-state index is 0.612. The van der Waals surface area contributed by atoms with Gasteiger partial charge < -0.3 is 4.90 Å². The van der Waals surface area contributed by atoms with E-state index in [0.717, 1.165) is 44.7 Å². The molecule has 3 rings (SSSR count). The number of anilines is 1. The Hall–Kier alpha value is -1.49. The van der Waals surface area contributed by atoms with Crippen molar-refractivity contribution >= 4 is 17.3 Å². The number of aryl methyl sites for hydroxylation is 2. The Labute approximate surface area is 130 Å². The van der Waals surface area contributed by atoms with Crippen LogP contribution in [0.1, 0.15) is 48.9 Å². The van der Waals surface area contributed by atoms with E-state index < -0.39 is 0 Å². The van der Waals surface area contributed by atoms with Crippen LogP contribution in [0.3, 0.4) is 0 Å². The second kappa shape index (κ2) is 6.52. The SMILES string of the molecule is CCc1cnc(N2CCC(c3nc(CC)cs3)CC2)nc1. The first-order valence-corrected chi connectivity index (χ1v) is 8.68. The highest BCUT2D eigenvalue weighted by Gasteiger charge is 2.24. The van der Waals surface area contributed by atoms with E-state index in [0.29, 0.717) is 5.92 Å². The summed E-state index contributed by atoms with van der Waals surface area (Å²) in [5, 5.41) is 3.52. The topological polar surface area (TPSA) is 41.9 Å². The second-order valence-electron chi connectivity index (χ2n) is 5.54. The van der Waals surface area contributed by atoms with Crippen LogP contribution >= 0.6 is 11.3 Å². The molecule has 5 heteroatoms. The summed E-state index contributed by atoms with van der Waals surface area (Å²) in [4.78, 5) is 16.0. The van der Waals surface area contributed by atoms with Gasteiger partial charge in [-0.3, -0.25) is 0 Å². The van der Waals surface area contributed by atoms with Crippen LogP contribution in [0.25, 0.3) is 0 Å². The maximum absolute atomic E-state index is 4.74. The molecular formula is C16H22N4S. The van der Waals surface area contributed by atoms with Crippen molar-refractivity contribution in [3.8, 4) is 0 Å². The molecule has 0 saturated carbocycles. The average molecular weight is 302 g/mol. The van der Waals surface area contributed by atoms with Gasteiger partial charge in [-0.1, -0.05) is 13.8 Å². The Morgan fingerprint density at radius 2 is 1.86 bits per heavy atom. The number of hydrogen-bond donors (Lipinski definition) is 0. The number of nitrogens with zero attached hydrogens (tertiary/aromatic N) is 4. The number of hydrogen-bond acceptors (Lipinski definition) is 5. The highest BCUT2D eigenvalue weighted by atomic mass is 32.1. The molecular weight excluding hydrogens is 280 g/mol. The molecule has 0 atom stereocenters. The molecule has 0 unspecified atom stereocenters. The van der Waals surface area contributed by atoms with Gasteiger partial charge in [0, 0.05) is 36.8 Å². The van der Waals surface area contributed by atoms with E-state index in [1.54, 1.807) is 0 Å². The van der Waals surface area contributed by atoms with E-state index in [1.807, 2.05) is 23.7 Å². The highest BCUT2D eigenvalue weighted by molar-refractivity contribution is 7.09. The van der Waals surface area contributed by atoms with Crippen molar-refractivity contribution in [2.45, 2.75) is 45.4 Å². The lowest BCUT2D eigenvalue weighted by atomic mass is 9.98. The normalized spacial score (nSPS) is 16.4. The van der Waals surface area contributed by atoms with Crippen molar-refractivity contribution in [3.63, 3.8) is 0 Å². The van der Waals surface area contributed by atoms with Gasteiger partial charge in [0.15, 0.2) is 0 Å². The third kappa shape index (κ3) is 3.23. The minimum atomic E-state index is 0.612. The van der Waals surface area contributed by atoms with Crippen molar-refractivity contribution in [3.05, 3.63) is 34.0 Å². The summed E-state index contributed by atoms with van der Waals surface area (Å²) in [6, 6.07) is 0. The van der Waals surface area contributed by atoms with Crippen LogP contribution in [-0.2, 0) is 12.8 Å². The van der Waals surface area contributed by atoms with Gasteiger partial charge in [0.05, 0.1) is 10.7 Å². The molecule has 1 fully saturated rings. The molecule has 1 aliphatic rings. The smallest absolute Gasteiger partial charge is 0.225 e. The third-order valence-corrected chi connectivity index (χ3v) is 5.21. The molecule has 112 valence electrons. The molecule has 0 spiro atoms. The summed E-state index contributed by atoms with van der Waals surface area (Å²) < 4.78 is 0. The molecule has 0 amide bonds. The maximum atomic E-state index is 4.74. The number of rotatable bonds is 4. The molecule has 21 heavy (non-hydrogen) atoms. The van der Waals surface area contributed by atoms with Crippen LogP contribution in [0.4, 0.5) is 5.95 Å². The molecule has 0 bridgehead atoms. The van der Waals surface area contributed by atoms with Gasteiger partial charge in [0.1, 0.15) is 0 Å². The van der Waals surface area contributed by atoms with Crippen molar-refractivity contribution in [2.75, 3.05) is 18.0 Å². The van der Waals surface area contributed by atoms with Gasteiger partial charge in [0.25, 0.3) is 0 Å². The van der Waals surface area contributed by atoms with Crippen LogP contribution in [0.5, 0.6) is 0 Å². The molecule has 1 saturated heterocycles. The zero-order valence-corrected chi connectivity index (χ0v) is 13.6. The van der Waals surface area contributed by atoms with E-state index >= 15 is 0 Å². The molecule has 2 aromatic rings. The molecule has 3 heterocycles. The van der Waals surface area contributed by atoms with Crippen molar-refractivity contribution in [2.24, 2.45) is 0 Å². The van der Waals surface area contributed by atoms with Gasteiger partial charge >= 0.3 is 0 Å². The number of thiazole rings is 1. The summed E-state index contributed by atoms with van der Waals surface area (Å²) in [5.41, 5.74) is 2.43. The fraction of sp³-hybridized carbons (Fsp3) is 0.562. The molecule has 0 aromatic carbocycles. The predicted octanol–water partition coefficient (Wildman–Crippen LogP) is 3.44. The van der Waals surface area contributed by atoms with E-state index in [1.165, 1.54) is 16.3 Å². The molecule has 0 radical (unpaired) electrons. The van der Waals surface area contributed by atoms with E-state index in [4.69, 9.17) is 4.98 Å². The minimum Gasteiger partial charge on any atom is -0.341 e. The zero-order chi connectivity index (χ0) is 14.7. The standard InChI is InChI=1S/C16H22N4S/c1-3-12-9-17-16(18-10-12)20-7-5-13(6-8-20)15-19-14(4-2)11-21-15/h9-11,13H,3-8H2,1-2H3.